The molecule has 0 aromatic carbocycles. The average Bonchev–Trinajstić information content (AvgIpc) is 2.42. The molecular formula is C6H7IN2S. The molecule has 2 atom stereocenters. The summed E-state index contributed by atoms with van der Waals surface area (Å²) in [6.07, 6.45) is 1.31. The minimum atomic E-state index is 0.737. The maximum Gasteiger partial charge on any atom is 0.203 e. The second-order valence-corrected chi connectivity index (χ2v) is 4.47. The van der Waals surface area contributed by atoms with Gasteiger partial charge in [0, 0.05) is 28.5 Å². The molecule has 1 fully saturated rings. The molecule has 0 bridgehead atoms. The Balaban J connectivity index is 2.20. The van der Waals surface area contributed by atoms with Gasteiger partial charge < -0.3 is 0 Å². The summed E-state index contributed by atoms with van der Waals surface area (Å²) >= 11 is 3.71. The first kappa shape index (κ1) is 6.97. The fourth-order valence-corrected chi connectivity index (χ4v) is 2.55. The van der Waals surface area contributed by atoms with E-state index in [1.54, 1.807) is 11.5 Å². The topological polar surface area (TPSA) is 25.8 Å². The summed E-state index contributed by atoms with van der Waals surface area (Å²) in [5.41, 5.74) is 0. The highest BCUT2D eigenvalue weighted by Crippen LogP contribution is 2.47. The van der Waals surface area contributed by atoms with Crippen molar-refractivity contribution in [1.29, 1.82) is 0 Å². The Morgan fingerprint density at radius 1 is 1.70 bits per heavy atom. The van der Waals surface area contributed by atoms with Crippen molar-refractivity contribution in [2.75, 3.05) is 0 Å². The van der Waals surface area contributed by atoms with E-state index in [0.29, 0.717) is 0 Å². The number of hydrogen-bond acceptors (Lipinski definition) is 3. The quantitative estimate of drug-likeness (QED) is 0.729. The number of halogens is 1. The second kappa shape index (κ2) is 2.41. The van der Waals surface area contributed by atoms with Crippen molar-refractivity contribution in [3.8, 4) is 0 Å². The maximum absolute atomic E-state index is 4.32. The van der Waals surface area contributed by atoms with E-state index in [2.05, 4.69) is 38.9 Å². The Morgan fingerprint density at radius 3 is 2.80 bits per heavy atom. The van der Waals surface area contributed by atoms with Gasteiger partial charge in [-0.15, -0.1) is 0 Å². The Labute approximate surface area is 77.4 Å². The summed E-state index contributed by atoms with van der Waals surface area (Å²) < 4.78 is 5.03. The molecule has 10 heavy (non-hydrogen) atoms. The van der Waals surface area contributed by atoms with Gasteiger partial charge in [0.1, 0.15) is 5.01 Å². The summed E-state index contributed by atoms with van der Waals surface area (Å²) in [6.45, 7) is 2.26. The van der Waals surface area contributed by atoms with Gasteiger partial charge in [-0.25, -0.2) is 4.98 Å². The maximum atomic E-state index is 4.32. The van der Waals surface area contributed by atoms with Crippen molar-refractivity contribution >= 4 is 34.1 Å². The molecule has 0 N–H and O–H groups in total. The van der Waals surface area contributed by atoms with Crippen LogP contribution in [0.15, 0.2) is 0 Å². The summed E-state index contributed by atoms with van der Waals surface area (Å²) in [4.78, 5) is 4.32. The number of nitrogens with zero attached hydrogens (tertiary/aromatic N) is 2. The zero-order valence-electron chi connectivity index (χ0n) is 5.54. The second-order valence-electron chi connectivity index (χ2n) is 2.72. The van der Waals surface area contributed by atoms with Crippen molar-refractivity contribution in [2.24, 2.45) is 5.92 Å². The fraction of sp³-hybridized carbons (Fsp3) is 0.667. The first-order chi connectivity index (χ1) is 4.77. The monoisotopic (exact) mass is 266 g/mol. The lowest BCUT2D eigenvalue weighted by Crippen LogP contribution is -1.78. The zero-order chi connectivity index (χ0) is 7.14. The van der Waals surface area contributed by atoms with Crippen molar-refractivity contribution in [3.63, 3.8) is 0 Å². The Kier molecular flexibility index (Phi) is 1.68. The number of rotatable bonds is 1. The van der Waals surface area contributed by atoms with Gasteiger partial charge in [0.2, 0.25) is 3.83 Å². The molecule has 2 rings (SSSR count). The molecule has 1 aliphatic rings. The molecule has 4 heteroatoms. The van der Waals surface area contributed by atoms with Crippen LogP contribution in [0.3, 0.4) is 0 Å². The summed E-state index contributed by atoms with van der Waals surface area (Å²) in [5.74, 6) is 1.59. The largest absolute Gasteiger partial charge is 0.215 e. The highest BCUT2D eigenvalue weighted by molar-refractivity contribution is 14.1. The van der Waals surface area contributed by atoms with E-state index in [1.807, 2.05) is 0 Å². The van der Waals surface area contributed by atoms with Crippen LogP contribution in [0.4, 0.5) is 0 Å². The Bertz CT molecular complexity index is 248. The normalized spacial score (nSPS) is 30.6. The van der Waals surface area contributed by atoms with Gasteiger partial charge >= 0.3 is 0 Å². The molecule has 2 nitrogen and oxygen atoms in total. The molecule has 0 spiro atoms. The molecule has 0 saturated heterocycles. The van der Waals surface area contributed by atoms with E-state index in [4.69, 9.17) is 0 Å². The third-order valence-electron chi connectivity index (χ3n) is 1.84. The molecule has 1 heterocycles. The molecule has 1 aromatic rings. The molecule has 0 aliphatic heterocycles. The molecular weight excluding hydrogens is 259 g/mol. The average molecular weight is 266 g/mol. The molecule has 1 aliphatic carbocycles. The van der Waals surface area contributed by atoms with Gasteiger partial charge in [0.05, 0.1) is 0 Å². The Morgan fingerprint density at radius 2 is 2.40 bits per heavy atom. The smallest absolute Gasteiger partial charge is 0.203 e. The molecule has 0 radical (unpaired) electrons. The predicted molar refractivity (Wildman–Crippen MR) is 49.1 cm³/mol. The van der Waals surface area contributed by atoms with Crippen LogP contribution in [-0.2, 0) is 0 Å². The van der Waals surface area contributed by atoms with Gasteiger partial charge in [0.15, 0.2) is 0 Å². The van der Waals surface area contributed by atoms with E-state index < -0.39 is 0 Å². The van der Waals surface area contributed by atoms with E-state index in [9.17, 15) is 0 Å². The summed E-state index contributed by atoms with van der Waals surface area (Å²) in [6, 6.07) is 0. The van der Waals surface area contributed by atoms with Crippen LogP contribution in [0.1, 0.15) is 24.3 Å². The molecule has 2 unspecified atom stereocenters. The van der Waals surface area contributed by atoms with Crippen molar-refractivity contribution < 1.29 is 0 Å². The number of aromatic nitrogens is 2. The highest BCUT2D eigenvalue weighted by Gasteiger charge is 2.36. The van der Waals surface area contributed by atoms with Gasteiger partial charge in [-0.1, -0.05) is 6.92 Å². The highest BCUT2D eigenvalue weighted by atomic mass is 127. The van der Waals surface area contributed by atoms with E-state index >= 15 is 0 Å². The van der Waals surface area contributed by atoms with Crippen LogP contribution in [0.25, 0.3) is 0 Å². The van der Waals surface area contributed by atoms with Crippen LogP contribution in [0.2, 0.25) is 0 Å². The molecule has 1 aromatic heterocycles. The predicted octanol–water partition coefficient (Wildman–Crippen LogP) is 2.27. The molecule has 0 amide bonds. The van der Waals surface area contributed by atoms with Crippen LogP contribution >= 0.6 is 34.1 Å². The lowest BCUT2D eigenvalue weighted by Gasteiger charge is -1.83. The standard InChI is InChI=1S/C6H7IN2S/c1-3-2-4(3)5-8-6(7)9-10-5/h3-4H,2H2,1H3. The van der Waals surface area contributed by atoms with E-state index in [-0.39, 0.29) is 0 Å². The molecule has 54 valence electrons. The van der Waals surface area contributed by atoms with Crippen LogP contribution in [0.5, 0.6) is 0 Å². The van der Waals surface area contributed by atoms with E-state index in [0.717, 1.165) is 15.7 Å². The van der Waals surface area contributed by atoms with Crippen LogP contribution in [-0.4, -0.2) is 9.36 Å². The zero-order valence-corrected chi connectivity index (χ0v) is 8.52. The van der Waals surface area contributed by atoms with Crippen molar-refractivity contribution in [3.05, 3.63) is 8.84 Å². The van der Waals surface area contributed by atoms with E-state index in [1.165, 1.54) is 11.4 Å². The van der Waals surface area contributed by atoms with Gasteiger partial charge in [0.25, 0.3) is 0 Å². The van der Waals surface area contributed by atoms with Gasteiger partial charge in [-0.2, -0.15) is 4.37 Å². The summed E-state index contributed by atoms with van der Waals surface area (Å²) in [7, 11) is 0. The van der Waals surface area contributed by atoms with Crippen molar-refractivity contribution in [1.82, 2.24) is 9.36 Å². The first-order valence-corrected chi connectivity index (χ1v) is 5.11. The third kappa shape index (κ3) is 1.18. The summed E-state index contributed by atoms with van der Waals surface area (Å²) in [5, 5.41) is 1.23. The number of hydrogen-bond donors (Lipinski definition) is 0. The Hall–Kier alpha value is 0.290. The minimum absolute atomic E-state index is 0.737. The fourth-order valence-electron chi connectivity index (χ4n) is 1.03. The van der Waals surface area contributed by atoms with Gasteiger partial charge in [-0.3, -0.25) is 0 Å². The minimum Gasteiger partial charge on any atom is -0.215 e. The van der Waals surface area contributed by atoms with Gasteiger partial charge in [-0.05, 0) is 23.9 Å². The first-order valence-electron chi connectivity index (χ1n) is 3.26. The lowest BCUT2D eigenvalue weighted by atomic mass is 10.4. The lowest BCUT2D eigenvalue weighted by molar-refractivity contribution is 0.902. The third-order valence-corrected chi connectivity index (χ3v) is 3.50. The van der Waals surface area contributed by atoms with Crippen LogP contribution < -0.4 is 0 Å². The van der Waals surface area contributed by atoms with Crippen molar-refractivity contribution in [2.45, 2.75) is 19.3 Å². The SMILES string of the molecule is CC1CC1c1nc(I)ns1. The van der Waals surface area contributed by atoms with Crippen LogP contribution in [0, 0.1) is 9.75 Å². The molecule has 1 saturated carbocycles.